The second kappa shape index (κ2) is 11.9. The summed E-state index contributed by atoms with van der Waals surface area (Å²) >= 11 is 0. The molecule has 0 bridgehead atoms. The van der Waals surface area contributed by atoms with E-state index in [0.717, 1.165) is 50.4 Å². The van der Waals surface area contributed by atoms with Crippen LogP contribution < -0.4 is 10.6 Å². The van der Waals surface area contributed by atoms with Gasteiger partial charge in [-0.25, -0.2) is 0 Å². The van der Waals surface area contributed by atoms with E-state index < -0.39 is 11.7 Å². The number of hydrogen-bond donors (Lipinski definition) is 2. The average Bonchev–Trinajstić information content (AvgIpc) is 2.65. The van der Waals surface area contributed by atoms with Crippen LogP contribution in [0.4, 0.5) is 13.2 Å². The first-order valence-electron chi connectivity index (χ1n) is 9.74. The van der Waals surface area contributed by atoms with Gasteiger partial charge in [-0.3, -0.25) is 9.89 Å². The van der Waals surface area contributed by atoms with Crippen LogP contribution in [-0.4, -0.2) is 68.6 Å². The second-order valence-electron chi connectivity index (χ2n) is 7.65. The van der Waals surface area contributed by atoms with Crippen molar-refractivity contribution in [2.45, 2.75) is 32.6 Å². The smallest absolute Gasteiger partial charge is 0.355 e. The van der Waals surface area contributed by atoms with Gasteiger partial charge in [-0.1, -0.05) is 26.0 Å². The van der Waals surface area contributed by atoms with E-state index in [-0.39, 0.29) is 24.0 Å². The van der Waals surface area contributed by atoms with E-state index >= 15 is 0 Å². The Morgan fingerprint density at radius 2 is 1.66 bits per heavy atom. The number of halogens is 4. The third-order valence-electron chi connectivity index (χ3n) is 5.22. The van der Waals surface area contributed by atoms with Gasteiger partial charge < -0.3 is 15.5 Å². The molecule has 9 heteroatoms. The van der Waals surface area contributed by atoms with Crippen LogP contribution in [0.1, 0.15) is 25.0 Å². The molecule has 1 atom stereocenters. The summed E-state index contributed by atoms with van der Waals surface area (Å²) in [7, 11) is 3.84. The van der Waals surface area contributed by atoms with Gasteiger partial charge in [0, 0.05) is 52.4 Å². The van der Waals surface area contributed by atoms with Crippen molar-refractivity contribution < 1.29 is 13.2 Å². The molecule has 1 heterocycles. The van der Waals surface area contributed by atoms with Crippen molar-refractivity contribution in [3.05, 3.63) is 35.4 Å². The Labute approximate surface area is 189 Å². The van der Waals surface area contributed by atoms with E-state index in [1.807, 2.05) is 0 Å². The van der Waals surface area contributed by atoms with E-state index in [0.29, 0.717) is 24.5 Å². The molecule has 1 aromatic rings. The zero-order valence-corrected chi connectivity index (χ0v) is 19.9. The highest BCUT2D eigenvalue weighted by Crippen LogP contribution is 2.29. The fourth-order valence-electron chi connectivity index (χ4n) is 3.36. The Bertz CT molecular complexity index is 626. The maximum absolute atomic E-state index is 12.7. The minimum absolute atomic E-state index is 0. The Balaban J connectivity index is 0.00000420. The summed E-state index contributed by atoms with van der Waals surface area (Å²) in [5.74, 6) is 1.16. The van der Waals surface area contributed by atoms with E-state index in [2.05, 4.69) is 46.3 Å². The highest BCUT2D eigenvalue weighted by Gasteiger charge is 2.30. The molecule has 0 radical (unpaired) electrons. The van der Waals surface area contributed by atoms with Crippen molar-refractivity contribution in [1.29, 1.82) is 0 Å². The molecule has 0 aliphatic carbocycles. The molecule has 1 unspecified atom stereocenters. The summed E-state index contributed by atoms with van der Waals surface area (Å²) in [5.41, 5.74) is 0.140. The SMILES string of the molecule is CN=C(NCc1ccc(C(F)(F)F)cc1)NCC(C(C)C)N1CCN(C)CC1.I. The molecular formula is C20H33F3IN5. The highest BCUT2D eigenvalue weighted by molar-refractivity contribution is 14.0. The largest absolute Gasteiger partial charge is 0.416 e. The van der Waals surface area contributed by atoms with E-state index in [1.54, 1.807) is 7.05 Å². The van der Waals surface area contributed by atoms with Gasteiger partial charge in [-0.2, -0.15) is 13.2 Å². The molecule has 1 aliphatic rings. The first kappa shape index (κ1) is 26.0. The molecular weight excluding hydrogens is 494 g/mol. The summed E-state index contributed by atoms with van der Waals surface area (Å²) in [6.07, 6.45) is -4.31. The van der Waals surface area contributed by atoms with Crippen LogP contribution in [0, 0.1) is 5.92 Å². The van der Waals surface area contributed by atoms with Gasteiger partial charge >= 0.3 is 6.18 Å². The molecule has 1 aliphatic heterocycles. The number of benzene rings is 1. The minimum Gasteiger partial charge on any atom is -0.355 e. The van der Waals surface area contributed by atoms with Crippen LogP contribution in [0.3, 0.4) is 0 Å². The molecule has 1 saturated heterocycles. The number of hydrogen-bond acceptors (Lipinski definition) is 3. The van der Waals surface area contributed by atoms with Gasteiger partial charge in [0.15, 0.2) is 5.96 Å². The van der Waals surface area contributed by atoms with Crippen molar-refractivity contribution in [1.82, 2.24) is 20.4 Å². The lowest BCUT2D eigenvalue weighted by molar-refractivity contribution is -0.137. The Morgan fingerprint density at radius 1 is 1.07 bits per heavy atom. The molecule has 166 valence electrons. The number of piperazine rings is 1. The third kappa shape index (κ3) is 8.29. The zero-order valence-electron chi connectivity index (χ0n) is 17.6. The summed E-state index contributed by atoms with van der Waals surface area (Å²) in [4.78, 5) is 9.09. The maximum atomic E-state index is 12.7. The summed E-state index contributed by atoms with van der Waals surface area (Å²) in [6, 6.07) is 5.59. The lowest BCUT2D eigenvalue weighted by Gasteiger charge is -2.40. The lowest BCUT2D eigenvalue weighted by atomic mass is 10.0. The molecule has 0 saturated carbocycles. The fourth-order valence-corrected chi connectivity index (χ4v) is 3.36. The van der Waals surface area contributed by atoms with Crippen molar-refractivity contribution in [2.75, 3.05) is 46.8 Å². The normalized spacial score (nSPS) is 17.7. The van der Waals surface area contributed by atoms with Crippen LogP contribution in [0.15, 0.2) is 29.3 Å². The molecule has 1 fully saturated rings. The predicted octanol–water partition coefficient (Wildman–Crippen LogP) is 3.26. The number of likely N-dealkylation sites (N-methyl/N-ethyl adjacent to an activating group) is 1. The van der Waals surface area contributed by atoms with Crippen molar-refractivity contribution >= 4 is 29.9 Å². The molecule has 2 rings (SSSR count). The Hall–Kier alpha value is -1.07. The topological polar surface area (TPSA) is 42.9 Å². The summed E-state index contributed by atoms with van der Waals surface area (Å²) in [5, 5.41) is 6.55. The fraction of sp³-hybridized carbons (Fsp3) is 0.650. The van der Waals surface area contributed by atoms with Crippen LogP contribution in [0.2, 0.25) is 0 Å². The first-order chi connectivity index (χ1) is 13.2. The highest BCUT2D eigenvalue weighted by atomic mass is 127. The van der Waals surface area contributed by atoms with Crippen molar-refractivity contribution in [3.8, 4) is 0 Å². The van der Waals surface area contributed by atoms with Crippen molar-refractivity contribution in [2.24, 2.45) is 10.9 Å². The quantitative estimate of drug-likeness (QED) is 0.339. The number of aliphatic imine (C=N–C) groups is 1. The van der Waals surface area contributed by atoms with Crippen LogP contribution in [0.25, 0.3) is 0 Å². The number of alkyl halides is 3. The molecule has 29 heavy (non-hydrogen) atoms. The Kier molecular flexibility index (Phi) is 10.7. The number of guanidine groups is 1. The van der Waals surface area contributed by atoms with E-state index in [1.165, 1.54) is 12.1 Å². The van der Waals surface area contributed by atoms with Gasteiger partial charge in [0.2, 0.25) is 0 Å². The maximum Gasteiger partial charge on any atom is 0.416 e. The zero-order chi connectivity index (χ0) is 20.7. The average molecular weight is 527 g/mol. The molecule has 2 N–H and O–H groups in total. The van der Waals surface area contributed by atoms with Gasteiger partial charge in [-0.05, 0) is 30.7 Å². The number of rotatable bonds is 6. The van der Waals surface area contributed by atoms with E-state index in [4.69, 9.17) is 0 Å². The molecule has 0 spiro atoms. The van der Waals surface area contributed by atoms with E-state index in [9.17, 15) is 13.2 Å². The standard InChI is InChI=1S/C20H32F3N5.HI/c1-15(2)18(28-11-9-27(4)10-12-28)14-26-19(24-3)25-13-16-5-7-17(8-6-16)20(21,22)23;/h5-8,15,18H,9-14H2,1-4H3,(H2,24,25,26);1H. The second-order valence-corrected chi connectivity index (χ2v) is 7.65. The van der Waals surface area contributed by atoms with Gasteiger partial charge in [-0.15, -0.1) is 24.0 Å². The first-order valence-corrected chi connectivity index (χ1v) is 9.74. The molecule has 5 nitrogen and oxygen atoms in total. The summed E-state index contributed by atoms with van der Waals surface area (Å²) in [6.45, 7) is 9.89. The minimum atomic E-state index is -4.31. The molecule has 1 aromatic carbocycles. The van der Waals surface area contributed by atoms with Gasteiger partial charge in [0.05, 0.1) is 5.56 Å². The molecule has 0 aromatic heterocycles. The van der Waals surface area contributed by atoms with Crippen LogP contribution in [0.5, 0.6) is 0 Å². The van der Waals surface area contributed by atoms with Crippen LogP contribution in [-0.2, 0) is 12.7 Å². The van der Waals surface area contributed by atoms with Gasteiger partial charge in [0.1, 0.15) is 0 Å². The van der Waals surface area contributed by atoms with Crippen molar-refractivity contribution in [3.63, 3.8) is 0 Å². The summed E-state index contributed by atoms with van der Waals surface area (Å²) < 4.78 is 38.0. The van der Waals surface area contributed by atoms with Gasteiger partial charge in [0.25, 0.3) is 0 Å². The lowest BCUT2D eigenvalue weighted by Crippen LogP contribution is -2.55. The Morgan fingerprint density at radius 3 is 2.14 bits per heavy atom. The molecule has 0 amide bonds. The van der Waals surface area contributed by atoms with Crippen LogP contribution >= 0.6 is 24.0 Å². The predicted molar refractivity (Wildman–Crippen MR) is 123 cm³/mol. The third-order valence-corrected chi connectivity index (χ3v) is 5.22. The number of nitrogens with one attached hydrogen (secondary N) is 2. The monoisotopic (exact) mass is 527 g/mol. The number of nitrogens with zero attached hydrogens (tertiary/aromatic N) is 3.